The van der Waals surface area contributed by atoms with E-state index >= 15 is 0 Å². The van der Waals surface area contributed by atoms with Crippen molar-refractivity contribution in [1.82, 2.24) is 4.90 Å². The van der Waals surface area contributed by atoms with Gasteiger partial charge in [-0.1, -0.05) is 56.1 Å². The number of esters is 1. The summed E-state index contributed by atoms with van der Waals surface area (Å²) >= 11 is 1.33. The molecule has 0 atom stereocenters. The second-order valence-electron chi connectivity index (χ2n) is 8.62. The van der Waals surface area contributed by atoms with E-state index in [1.807, 2.05) is 49.2 Å². The van der Waals surface area contributed by atoms with Gasteiger partial charge in [0.2, 0.25) is 0 Å². The van der Waals surface area contributed by atoms with Gasteiger partial charge in [0.25, 0.3) is 11.8 Å². The van der Waals surface area contributed by atoms with Gasteiger partial charge in [0.15, 0.2) is 0 Å². The Balaban J connectivity index is 1.64. The van der Waals surface area contributed by atoms with Crippen molar-refractivity contribution >= 4 is 35.2 Å². The highest BCUT2D eigenvalue weighted by atomic mass is 32.2. The summed E-state index contributed by atoms with van der Waals surface area (Å²) in [5.74, 6) is -1.07. The molecule has 1 aliphatic carbocycles. The highest BCUT2D eigenvalue weighted by molar-refractivity contribution is 8.04. The summed E-state index contributed by atoms with van der Waals surface area (Å²) in [5, 5.41) is 0. The molecule has 34 heavy (non-hydrogen) atoms. The van der Waals surface area contributed by atoms with Crippen molar-refractivity contribution in [3.05, 3.63) is 70.8 Å². The Morgan fingerprint density at radius 3 is 2.32 bits per heavy atom. The van der Waals surface area contributed by atoms with Crippen LogP contribution in [0.5, 0.6) is 0 Å². The van der Waals surface area contributed by atoms with Crippen LogP contribution in [-0.2, 0) is 14.3 Å². The van der Waals surface area contributed by atoms with Crippen LogP contribution >= 0.6 is 11.8 Å². The first kappa shape index (κ1) is 24.1. The number of imide groups is 1. The lowest BCUT2D eigenvalue weighted by Crippen LogP contribution is -2.38. The molecular weight excluding hydrogens is 448 g/mol. The van der Waals surface area contributed by atoms with Gasteiger partial charge in [-0.15, -0.1) is 0 Å². The van der Waals surface area contributed by atoms with E-state index in [-0.39, 0.29) is 17.9 Å². The largest absolute Gasteiger partial charge is 0.462 e. The molecule has 4 rings (SSSR count). The van der Waals surface area contributed by atoms with E-state index in [0.717, 1.165) is 37.0 Å². The average Bonchev–Trinajstić information content (AvgIpc) is 3.12. The summed E-state index contributed by atoms with van der Waals surface area (Å²) in [6.07, 6.45) is 6.24. The van der Waals surface area contributed by atoms with Crippen molar-refractivity contribution in [2.24, 2.45) is 0 Å². The van der Waals surface area contributed by atoms with E-state index in [9.17, 15) is 14.4 Å². The molecule has 0 unspecified atom stereocenters. The zero-order chi connectivity index (χ0) is 24.1. The maximum atomic E-state index is 13.7. The second kappa shape index (κ2) is 10.9. The number of hydrogen-bond acceptors (Lipinski definition) is 6. The average molecular weight is 479 g/mol. The van der Waals surface area contributed by atoms with Crippen LogP contribution in [0.3, 0.4) is 0 Å². The molecule has 0 saturated heterocycles. The minimum Gasteiger partial charge on any atom is -0.462 e. The minimum absolute atomic E-state index is 0.238. The normalized spacial score (nSPS) is 16.8. The molecule has 178 valence electrons. The molecule has 2 aromatic rings. The Labute approximate surface area is 205 Å². The predicted molar refractivity (Wildman–Crippen MR) is 133 cm³/mol. The summed E-state index contributed by atoms with van der Waals surface area (Å²) in [5.41, 5.74) is 1.29. The SMILES string of the molecule is CCCOC(=O)c1ccc(N2C(=O)C(Sc3ccccc3)=C(N(C)C3CCCCC3)C2=O)cc1. The highest BCUT2D eigenvalue weighted by Gasteiger charge is 2.43. The van der Waals surface area contributed by atoms with E-state index < -0.39 is 5.97 Å². The van der Waals surface area contributed by atoms with Crippen molar-refractivity contribution in [3.63, 3.8) is 0 Å². The molecule has 1 fully saturated rings. The number of thioether (sulfide) groups is 1. The summed E-state index contributed by atoms with van der Waals surface area (Å²) in [6, 6.07) is 16.3. The minimum atomic E-state index is -0.413. The molecule has 6 nitrogen and oxygen atoms in total. The quantitative estimate of drug-likeness (QED) is 0.374. The van der Waals surface area contributed by atoms with E-state index in [4.69, 9.17) is 4.74 Å². The van der Waals surface area contributed by atoms with Crippen LogP contribution in [0.25, 0.3) is 0 Å². The standard InChI is InChI=1S/C27H30N2O4S/c1-3-18-33-27(32)19-14-16-21(17-15-19)29-25(30)23(28(2)20-10-6-4-7-11-20)24(26(29)31)34-22-12-8-5-9-13-22/h5,8-9,12-17,20H,3-4,6-7,10-11,18H2,1-2H3. The molecule has 1 heterocycles. The number of amides is 2. The summed E-state index contributed by atoms with van der Waals surface area (Å²) < 4.78 is 5.18. The van der Waals surface area contributed by atoms with Crippen molar-refractivity contribution in [3.8, 4) is 0 Å². The maximum absolute atomic E-state index is 13.7. The van der Waals surface area contributed by atoms with Gasteiger partial charge in [-0.05, 0) is 55.7 Å². The zero-order valence-corrected chi connectivity index (χ0v) is 20.5. The third-order valence-electron chi connectivity index (χ3n) is 6.25. The Morgan fingerprint density at radius 1 is 1.00 bits per heavy atom. The molecular formula is C27H30N2O4S. The molecule has 2 aromatic carbocycles. The number of anilines is 1. The number of carbonyl (C=O) groups excluding carboxylic acids is 3. The second-order valence-corrected chi connectivity index (χ2v) is 9.71. The van der Waals surface area contributed by atoms with Crippen LogP contribution < -0.4 is 4.90 Å². The van der Waals surface area contributed by atoms with Crippen molar-refractivity contribution in [2.75, 3.05) is 18.6 Å². The Bertz CT molecular complexity index is 1080. The Kier molecular flexibility index (Phi) is 7.73. The first-order chi connectivity index (χ1) is 16.5. The molecule has 2 aliphatic rings. The van der Waals surface area contributed by atoms with Crippen LogP contribution in [0.2, 0.25) is 0 Å². The topological polar surface area (TPSA) is 66.9 Å². The number of carbonyl (C=O) groups is 3. The van der Waals surface area contributed by atoms with Gasteiger partial charge in [0.1, 0.15) is 10.6 Å². The third kappa shape index (κ3) is 5.04. The number of ether oxygens (including phenoxy) is 1. The molecule has 0 spiro atoms. The fourth-order valence-corrected chi connectivity index (χ4v) is 5.45. The van der Waals surface area contributed by atoms with E-state index in [2.05, 4.69) is 0 Å². The zero-order valence-electron chi connectivity index (χ0n) is 19.7. The highest BCUT2D eigenvalue weighted by Crippen LogP contribution is 2.40. The van der Waals surface area contributed by atoms with Gasteiger partial charge in [-0.2, -0.15) is 0 Å². The van der Waals surface area contributed by atoms with Crippen LogP contribution in [0.15, 0.2) is 70.1 Å². The van der Waals surface area contributed by atoms with Gasteiger partial charge < -0.3 is 9.64 Å². The van der Waals surface area contributed by atoms with Gasteiger partial charge in [0.05, 0.1) is 17.9 Å². The van der Waals surface area contributed by atoms with Gasteiger partial charge in [-0.3, -0.25) is 9.59 Å². The number of hydrogen-bond donors (Lipinski definition) is 0. The molecule has 0 radical (unpaired) electrons. The van der Waals surface area contributed by atoms with Crippen molar-refractivity contribution in [2.45, 2.75) is 56.4 Å². The van der Waals surface area contributed by atoms with Gasteiger partial charge in [0, 0.05) is 18.0 Å². The van der Waals surface area contributed by atoms with E-state index in [1.165, 1.54) is 23.1 Å². The van der Waals surface area contributed by atoms with Crippen LogP contribution in [0.1, 0.15) is 55.8 Å². The lowest BCUT2D eigenvalue weighted by molar-refractivity contribution is -0.121. The van der Waals surface area contributed by atoms with Crippen LogP contribution in [0, 0.1) is 0 Å². The molecule has 0 aromatic heterocycles. The maximum Gasteiger partial charge on any atom is 0.338 e. The van der Waals surface area contributed by atoms with Crippen LogP contribution in [0.4, 0.5) is 5.69 Å². The number of likely N-dealkylation sites (N-methyl/N-ethyl adjacent to an activating group) is 1. The number of nitrogens with zero attached hydrogens (tertiary/aromatic N) is 2. The molecule has 7 heteroatoms. The number of benzene rings is 2. The van der Waals surface area contributed by atoms with Gasteiger partial charge in [-0.25, -0.2) is 9.69 Å². The fraction of sp³-hybridized carbons (Fsp3) is 0.370. The monoisotopic (exact) mass is 478 g/mol. The Morgan fingerprint density at radius 2 is 1.68 bits per heavy atom. The van der Waals surface area contributed by atoms with E-state index in [0.29, 0.717) is 28.5 Å². The lowest BCUT2D eigenvalue weighted by Gasteiger charge is -2.33. The van der Waals surface area contributed by atoms with Crippen LogP contribution in [-0.4, -0.2) is 42.4 Å². The third-order valence-corrected chi connectivity index (χ3v) is 7.33. The predicted octanol–water partition coefficient (Wildman–Crippen LogP) is 5.40. The van der Waals surface area contributed by atoms with Gasteiger partial charge >= 0.3 is 5.97 Å². The van der Waals surface area contributed by atoms with Crippen molar-refractivity contribution < 1.29 is 19.1 Å². The summed E-state index contributed by atoms with van der Waals surface area (Å²) in [4.78, 5) is 44.0. The summed E-state index contributed by atoms with van der Waals surface area (Å²) in [6.45, 7) is 2.28. The fourth-order valence-electron chi connectivity index (χ4n) is 4.42. The van der Waals surface area contributed by atoms with Crippen molar-refractivity contribution in [1.29, 1.82) is 0 Å². The lowest BCUT2D eigenvalue weighted by atomic mass is 9.94. The molecule has 2 amide bonds. The first-order valence-electron chi connectivity index (χ1n) is 11.9. The summed E-state index contributed by atoms with van der Waals surface area (Å²) in [7, 11) is 1.93. The smallest absolute Gasteiger partial charge is 0.338 e. The number of rotatable bonds is 8. The molecule has 1 saturated carbocycles. The van der Waals surface area contributed by atoms with E-state index in [1.54, 1.807) is 24.3 Å². The molecule has 0 bridgehead atoms. The molecule has 0 N–H and O–H groups in total. The molecule has 1 aliphatic heterocycles. The Hall–Kier alpha value is -3.06. The first-order valence-corrected chi connectivity index (χ1v) is 12.7.